The Morgan fingerprint density at radius 2 is 1.70 bits per heavy atom. The van der Waals surface area contributed by atoms with Crippen LogP contribution in [0.2, 0.25) is 0 Å². The maximum atomic E-state index is 5.31. The Hall–Kier alpha value is -2.93. The van der Waals surface area contributed by atoms with Crippen molar-refractivity contribution >= 4 is 11.8 Å². The molecule has 136 valence electrons. The van der Waals surface area contributed by atoms with Gasteiger partial charge in [0.15, 0.2) is 16.8 Å². The van der Waals surface area contributed by atoms with E-state index in [0.717, 1.165) is 22.2 Å². The molecule has 0 aliphatic heterocycles. The number of hydrogen-bond donors (Lipinski definition) is 0. The third kappa shape index (κ3) is 3.64. The van der Waals surface area contributed by atoms with E-state index in [0.29, 0.717) is 11.7 Å². The van der Waals surface area contributed by atoms with Gasteiger partial charge in [-0.15, -0.1) is 10.2 Å². The zero-order valence-electron chi connectivity index (χ0n) is 15.3. The normalized spacial score (nSPS) is 12.3. The summed E-state index contributed by atoms with van der Waals surface area (Å²) in [7, 11) is 0. The molecule has 0 spiro atoms. The van der Waals surface area contributed by atoms with Gasteiger partial charge in [0.05, 0.1) is 5.25 Å². The van der Waals surface area contributed by atoms with E-state index in [1.165, 1.54) is 5.56 Å². The number of thioether (sulfide) groups is 1. The van der Waals surface area contributed by atoms with Gasteiger partial charge < -0.3 is 4.52 Å². The molecule has 0 saturated heterocycles. The Kier molecular flexibility index (Phi) is 4.77. The molecule has 0 radical (unpaired) electrons. The van der Waals surface area contributed by atoms with Gasteiger partial charge in [-0.1, -0.05) is 64.9 Å². The van der Waals surface area contributed by atoms with Crippen LogP contribution >= 0.6 is 11.8 Å². The molecule has 0 bridgehead atoms. The molecule has 0 fully saturated rings. The molecule has 7 heteroatoms. The average Bonchev–Trinajstić information content (AvgIpc) is 3.30. The summed E-state index contributed by atoms with van der Waals surface area (Å²) in [6.45, 7) is 5.91. The largest absolute Gasteiger partial charge is 0.338 e. The minimum atomic E-state index is -0.0387. The zero-order chi connectivity index (χ0) is 18.8. The van der Waals surface area contributed by atoms with Crippen molar-refractivity contribution in [2.24, 2.45) is 0 Å². The summed E-state index contributed by atoms with van der Waals surface area (Å²) in [5, 5.41) is 13.5. The van der Waals surface area contributed by atoms with Crippen molar-refractivity contribution in [1.82, 2.24) is 24.9 Å². The molecule has 0 saturated carbocycles. The molecule has 2 heterocycles. The van der Waals surface area contributed by atoms with Crippen LogP contribution in [-0.4, -0.2) is 24.9 Å². The lowest BCUT2D eigenvalue weighted by Crippen LogP contribution is -2.01. The van der Waals surface area contributed by atoms with Crippen molar-refractivity contribution < 1.29 is 4.52 Å². The average molecular weight is 377 g/mol. The van der Waals surface area contributed by atoms with Crippen molar-refractivity contribution in [1.29, 1.82) is 0 Å². The first-order valence-electron chi connectivity index (χ1n) is 8.66. The van der Waals surface area contributed by atoms with Gasteiger partial charge in [0.1, 0.15) is 0 Å². The first-order valence-corrected chi connectivity index (χ1v) is 9.54. The van der Waals surface area contributed by atoms with E-state index < -0.39 is 0 Å². The van der Waals surface area contributed by atoms with Crippen molar-refractivity contribution in [3.05, 3.63) is 71.9 Å². The number of rotatable bonds is 5. The van der Waals surface area contributed by atoms with Crippen LogP contribution < -0.4 is 0 Å². The van der Waals surface area contributed by atoms with E-state index in [4.69, 9.17) is 4.52 Å². The highest BCUT2D eigenvalue weighted by Crippen LogP contribution is 2.36. The highest BCUT2D eigenvalue weighted by Gasteiger charge is 2.21. The first kappa shape index (κ1) is 17.5. The molecule has 1 atom stereocenters. The third-order valence-corrected chi connectivity index (χ3v) is 5.16. The fourth-order valence-electron chi connectivity index (χ4n) is 2.73. The summed E-state index contributed by atoms with van der Waals surface area (Å²) in [5.41, 5.74) is 3.23. The van der Waals surface area contributed by atoms with E-state index in [9.17, 15) is 0 Å². The Bertz CT molecular complexity index is 1040. The minimum Gasteiger partial charge on any atom is -0.338 e. The van der Waals surface area contributed by atoms with Crippen LogP contribution in [0, 0.1) is 13.8 Å². The van der Waals surface area contributed by atoms with E-state index in [1.54, 1.807) is 11.8 Å². The fourth-order valence-corrected chi connectivity index (χ4v) is 3.63. The van der Waals surface area contributed by atoms with Crippen LogP contribution in [-0.2, 0) is 0 Å². The van der Waals surface area contributed by atoms with E-state index in [1.807, 2.05) is 44.2 Å². The molecule has 0 N–H and O–H groups in total. The monoisotopic (exact) mass is 377 g/mol. The van der Waals surface area contributed by atoms with Crippen LogP contribution in [0.1, 0.15) is 29.5 Å². The fraction of sp³-hybridized carbons (Fsp3) is 0.200. The third-order valence-electron chi connectivity index (χ3n) is 4.13. The molecule has 0 amide bonds. The Morgan fingerprint density at radius 3 is 2.37 bits per heavy atom. The van der Waals surface area contributed by atoms with Gasteiger partial charge in [-0.05, 0) is 32.9 Å². The highest BCUT2D eigenvalue weighted by atomic mass is 32.2. The topological polar surface area (TPSA) is 69.6 Å². The molecule has 4 rings (SSSR count). The molecule has 0 aliphatic rings. The van der Waals surface area contributed by atoms with Crippen LogP contribution in [0.3, 0.4) is 0 Å². The van der Waals surface area contributed by atoms with E-state index in [2.05, 4.69) is 56.1 Å². The van der Waals surface area contributed by atoms with Gasteiger partial charge in [0, 0.05) is 11.3 Å². The molecule has 2 aromatic heterocycles. The van der Waals surface area contributed by atoms with Gasteiger partial charge in [0.25, 0.3) is 0 Å². The summed E-state index contributed by atoms with van der Waals surface area (Å²) in [6, 6.07) is 18.4. The lowest BCUT2D eigenvalue weighted by Gasteiger charge is -2.12. The number of hydrogen-bond acceptors (Lipinski definition) is 6. The van der Waals surface area contributed by atoms with Gasteiger partial charge in [-0.25, -0.2) is 0 Å². The standard InChI is InChI=1S/C20H19N5OS/c1-13-9-11-17(12-10-13)25-18(16-7-5-4-6-8-16)22-23-20(25)27-14(2)19-21-15(3)24-26-19/h4-12,14H,1-3H3. The van der Waals surface area contributed by atoms with Crippen molar-refractivity contribution in [2.45, 2.75) is 31.2 Å². The van der Waals surface area contributed by atoms with Crippen LogP contribution in [0.4, 0.5) is 0 Å². The summed E-state index contributed by atoms with van der Waals surface area (Å²) < 4.78 is 7.38. The summed E-state index contributed by atoms with van der Waals surface area (Å²) >= 11 is 1.54. The summed E-state index contributed by atoms with van der Waals surface area (Å²) in [4.78, 5) is 4.33. The van der Waals surface area contributed by atoms with Gasteiger partial charge in [0.2, 0.25) is 5.89 Å². The second kappa shape index (κ2) is 7.36. The molecule has 6 nitrogen and oxygen atoms in total. The van der Waals surface area contributed by atoms with E-state index in [-0.39, 0.29) is 5.25 Å². The van der Waals surface area contributed by atoms with Crippen LogP contribution in [0.15, 0.2) is 64.3 Å². The van der Waals surface area contributed by atoms with Crippen LogP contribution in [0.5, 0.6) is 0 Å². The second-order valence-electron chi connectivity index (χ2n) is 6.28. The Morgan fingerprint density at radius 1 is 0.963 bits per heavy atom. The molecular weight excluding hydrogens is 358 g/mol. The lowest BCUT2D eigenvalue weighted by atomic mass is 10.2. The number of nitrogens with zero attached hydrogens (tertiary/aromatic N) is 5. The maximum absolute atomic E-state index is 5.31. The predicted molar refractivity (Wildman–Crippen MR) is 105 cm³/mol. The molecule has 1 unspecified atom stereocenters. The second-order valence-corrected chi connectivity index (χ2v) is 7.59. The van der Waals surface area contributed by atoms with Gasteiger partial charge in [-0.3, -0.25) is 4.57 Å². The van der Waals surface area contributed by atoms with Gasteiger partial charge >= 0.3 is 0 Å². The summed E-state index contributed by atoms with van der Waals surface area (Å²) in [6.07, 6.45) is 0. The van der Waals surface area contributed by atoms with Gasteiger partial charge in [-0.2, -0.15) is 4.98 Å². The Balaban J connectivity index is 1.77. The lowest BCUT2D eigenvalue weighted by molar-refractivity contribution is 0.376. The number of aromatic nitrogens is 5. The number of benzene rings is 2. The molecule has 0 aliphatic carbocycles. The minimum absolute atomic E-state index is 0.0387. The zero-order valence-corrected chi connectivity index (χ0v) is 16.1. The quantitative estimate of drug-likeness (QED) is 0.466. The maximum Gasteiger partial charge on any atom is 0.239 e. The van der Waals surface area contributed by atoms with Crippen molar-refractivity contribution in [3.8, 4) is 17.1 Å². The first-order chi connectivity index (χ1) is 13.1. The molecular formula is C20H19N5OS. The van der Waals surface area contributed by atoms with Crippen molar-refractivity contribution in [3.63, 3.8) is 0 Å². The van der Waals surface area contributed by atoms with Crippen molar-refractivity contribution in [2.75, 3.05) is 0 Å². The molecule has 27 heavy (non-hydrogen) atoms. The molecule has 4 aromatic rings. The highest BCUT2D eigenvalue weighted by molar-refractivity contribution is 7.99. The molecule has 2 aromatic carbocycles. The Labute approximate surface area is 161 Å². The number of aryl methyl sites for hydroxylation is 2. The van der Waals surface area contributed by atoms with Crippen LogP contribution in [0.25, 0.3) is 17.1 Å². The van der Waals surface area contributed by atoms with E-state index >= 15 is 0 Å². The predicted octanol–water partition coefficient (Wildman–Crippen LogP) is 4.79. The SMILES string of the molecule is Cc1ccc(-n2c(SC(C)c3nc(C)no3)nnc2-c2ccccc2)cc1. The smallest absolute Gasteiger partial charge is 0.239 e. The summed E-state index contributed by atoms with van der Waals surface area (Å²) in [5.74, 6) is 2.01.